The number of amides is 3. The van der Waals surface area contributed by atoms with Crippen LogP contribution >= 0.6 is 22.9 Å². The standard InChI is InChI=1S/C44H59ClN6O9S/c1-10-24-19-44(24,40(54)57-9)50-38(52)32-17-26(20-51(32)39(53)37(43(5,6)7)49-42(55)60-25-15-28-23(4)29(28)16-25)59-34-18-30(31-21-61-41(48-31)46-22(2)3)47-36-27(34)11-12-33(35(36)45)58-14-13-56-8/h11-12,18,21-26,28-29,32,37H,10,13-17,19-20H2,1-9H3,(H,46,48)(H,49,55)(H,50,52)/t23?,24-,25?,26-,28-,29+,32+,37-,44?/m1/s1. The largest absolute Gasteiger partial charge is 0.490 e. The monoisotopic (exact) mass is 882 g/mol. The first kappa shape index (κ1) is 44.6. The van der Waals surface area contributed by atoms with Crippen LogP contribution in [-0.4, -0.2) is 109 Å². The second kappa shape index (κ2) is 17.8. The number of hydrogen-bond donors (Lipinski definition) is 3. The van der Waals surface area contributed by atoms with Crippen molar-refractivity contribution >= 4 is 62.8 Å². The molecule has 4 aliphatic rings. The van der Waals surface area contributed by atoms with E-state index in [1.165, 1.54) is 23.3 Å². The molecule has 15 nitrogen and oxygen atoms in total. The molecule has 3 amide bonds. The molecule has 3 heterocycles. The molecule has 17 heteroatoms. The zero-order valence-corrected chi connectivity index (χ0v) is 38.0. The number of likely N-dealkylation sites (tertiary alicyclic amines) is 1. The highest BCUT2D eigenvalue weighted by molar-refractivity contribution is 7.14. The Morgan fingerprint density at radius 3 is 2.39 bits per heavy atom. The van der Waals surface area contributed by atoms with Gasteiger partial charge in [0, 0.05) is 36.4 Å². The third-order valence-electron chi connectivity index (χ3n) is 12.7. The van der Waals surface area contributed by atoms with E-state index in [2.05, 4.69) is 22.9 Å². The summed E-state index contributed by atoms with van der Waals surface area (Å²) >= 11 is 8.43. The van der Waals surface area contributed by atoms with Gasteiger partial charge in [-0.25, -0.2) is 19.6 Å². The number of carbonyl (C=O) groups excluding carboxylic acids is 4. The Labute approximate surface area is 366 Å². The molecule has 3 unspecified atom stereocenters. The predicted octanol–water partition coefficient (Wildman–Crippen LogP) is 6.85. The Hall–Kier alpha value is -4.41. The van der Waals surface area contributed by atoms with E-state index in [0.717, 1.165) is 18.0 Å². The lowest BCUT2D eigenvalue weighted by Crippen LogP contribution is -2.59. The minimum absolute atomic E-state index is 0.00319. The molecule has 3 aliphatic carbocycles. The molecule has 61 heavy (non-hydrogen) atoms. The van der Waals surface area contributed by atoms with Crippen LogP contribution in [0.25, 0.3) is 22.3 Å². The van der Waals surface area contributed by atoms with E-state index < -0.39 is 53.0 Å². The molecule has 2 aromatic heterocycles. The average Bonchev–Trinajstić information content (AvgIpc) is 3.70. The fourth-order valence-corrected chi connectivity index (χ4v) is 10.3. The summed E-state index contributed by atoms with van der Waals surface area (Å²) in [7, 11) is 2.88. The van der Waals surface area contributed by atoms with Crippen molar-refractivity contribution in [2.24, 2.45) is 29.1 Å². The number of halogens is 1. The van der Waals surface area contributed by atoms with E-state index in [4.69, 9.17) is 45.3 Å². The highest BCUT2D eigenvalue weighted by Crippen LogP contribution is 2.57. The van der Waals surface area contributed by atoms with Crippen LogP contribution in [0, 0.1) is 29.1 Å². The van der Waals surface area contributed by atoms with Gasteiger partial charge in [-0.2, -0.15) is 0 Å². The lowest BCUT2D eigenvalue weighted by Gasteiger charge is -2.35. The quantitative estimate of drug-likeness (QED) is 0.101. The Kier molecular flexibility index (Phi) is 13.0. The number of carbonyl (C=O) groups is 4. The maximum atomic E-state index is 14.9. The minimum Gasteiger partial charge on any atom is -0.490 e. The summed E-state index contributed by atoms with van der Waals surface area (Å²) in [5.74, 6) is 1.01. The average molecular weight is 884 g/mol. The van der Waals surface area contributed by atoms with Crippen LogP contribution in [0.15, 0.2) is 23.6 Å². The predicted molar refractivity (Wildman–Crippen MR) is 232 cm³/mol. The lowest BCUT2D eigenvalue weighted by atomic mass is 9.85. The van der Waals surface area contributed by atoms with Gasteiger partial charge >= 0.3 is 12.1 Å². The first-order chi connectivity index (χ1) is 29.0. The van der Waals surface area contributed by atoms with Crippen LogP contribution in [0.1, 0.15) is 80.6 Å². The van der Waals surface area contributed by atoms with Gasteiger partial charge in [0.25, 0.3) is 0 Å². The van der Waals surface area contributed by atoms with Gasteiger partial charge in [-0.3, -0.25) is 9.59 Å². The van der Waals surface area contributed by atoms with Crippen molar-refractivity contribution in [3.05, 3.63) is 28.6 Å². The summed E-state index contributed by atoms with van der Waals surface area (Å²) in [5.41, 5.74) is -0.450. The fraction of sp³-hybridized carbons (Fsp3) is 0.636. The molecular formula is C44H59ClN6O9S. The van der Waals surface area contributed by atoms with Gasteiger partial charge in [0.1, 0.15) is 58.7 Å². The first-order valence-electron chi connectivity index (χ1n) is 21.3. The number of nitrogens with zero attached hydrogens (tertiary/aromatic N) is 3. The normalized spacial score (nSPS) is 27.0. The maximum absolute atomic E-state index is 14.9. The van der Waals surface area contributed by atoms with Crippen molar-refractivity contribution in [1.29, 1.82) is 0 Å². The first-order valence-corrected chi connectivity index (χ1v) is 22.6. The molecule has 332 valence electrons. The number of methoxy groups -OCH3 is 2. The number of fused-ring (bicyclic) bond motifs is 2. The lowest BCUT2D eigenvalue weighted by molar-refractivity contribution is -0.148. The molecule has 1 saturated heterocycles. The number of alkyl carbamates (subject to hydrolysis) is 1. The molecule has 0 bridgehead atoms. The van der Waals surface area contributed by atoms with Gasteiger partial charge in [-0.05, 0) is 74.3 Å². The number of pyridine rings is 1. The third-order valence-corrected chi connectivity index (χ3v) is 13.8. The van der Waals surface area contributed by atoms with E-state index in [9.17, 15) is 19.2 Å². The molecule has 0 radical (unpaired) electrons. The van der Waals surface area contributed by atoms with Gasteiger partial charge in [-0.15, -0.1) is 11.3 Å². The van der Waals surface area contributed by atoms with E-state index in [1.54, 1.807) is 19.2 Å². The topological polar surface area (TPSA) is 180 Å². The highest BCUT2D eigenvalue weighted by Gasteiger charge is 2.62. The maximum Gasteiger partial charge on any atom is 0.408 e. The number of esters is 1. The number of benzene rings is 1. The Morgan fingerprint density at radius 1 is 1.02 bits per heavy atom. The van der Waals surface area contributed by atoms with Crippen LogP contribution in [-0.2, 0) is 28.6 Å². The molecular weight excluding hydrogens is 824 g/mol. The molecule has 9 atom stereocenters. The number of rotatable bonds is 16. The summed E-state index contributed by atoms with van der Waals surface area (Å²) in [4.78, 5) is 67.0. The molecule has 3 N–H and O–H groups in total. The van der Waals surface area contributed by atoms with E-state index >= 15 is 0 Å². The van der Waals surface area contributed by atoms with Crippen LogP contribution in [0.4, 0.5) is 9.93 Å². The third kappa shape index (κ3) is 9.36. The Morgan fingerprint density at radius 2 is 1.75 bits per heavy atom. The van der Waals surface area contributed by atoms with Crippen molar-refractivity contribution in [2.75, 3.05) is 39.3 Å². The summed E-state index contributed by atoms with van der Waals surface area (Å²) in [6, 6.07) is 3.39. The number of thiazole rings is 1. The molecule has 1 aliphatic heterocycles. The molecule has 7 rings (SSSR count). The summed E-state index contributed by atoms with van der Waals surface area (Å²) in [5, 5.41) is 12.7. The van der Waals surface area contributed by atoms with Crippen LogP contribution in [0.3, 0.4) is 0 Å². The van der Waals surface area contributed by atoms with Gasteiger partial charge in [0.15, 0.2) is 5.13 Å². The number of nitrogens with one attached hydrogen (secondary N) is 3. The van der Waals surface area contributed by atoms with Gasteiger partial charge in [0.2, 0.25) is 11.8 Å². The molecule has 1 aromatic carbocycles. The summed E-state index contributed by atoms with van der Waals surface area (Å²) < 4.78 is 28.9. The van der Waals surface area contributed by atoms with E-state index in [0.29, 0.717) is 71.0 Å². The van der Waals surface area contributed by atoms with Crippen molar-refractivity contribution in [3.63, 3.8) is 0 Å². The number of ether oxygens (including phenoxy) is 5. The van der Waals surface area contributed by atoms with Crippen molar-refractivity contribution < 1.29 is 42.9 Å². The fourth-order valence-electron chi connectivity index (χ4n) is 9.14. The zero-order valence-electron chi connectivity index (χ0n) is 36.5. The minimum atomic E-state index is -1.19. The van der Waals surface area contributed by atoms with Crippen molar-refractivity contribution in [2.45, 2.75) is 116 Å². The van der Waals surface area contributed by atoms with Gasteiger partial charge in [-0.1, -0.05) is 52.6 Å². The van der Waals surface area contributed by atoms with Gasteiger partial charge in [0.05, 0.1) is 31.5 Å². The number of aromatic nitrogens is 2. The van der Waals surface area contributed by atoms with Gasteiger partial charge < -0.3 is 44.5 Å². The Bertz CT molecular complexity index is 2130. The van der Waals surface area contributed by atoms with E-state index in [-0.39, 0.29) is 42.7 Å². The van der Waals surface area contributed by atoms with E-state index in [1.807, 2.05) is 53.0 Å². The smallest absolute Gasteiger partial charge is 0.408 e. The number of hydrogen-bond acceptors (Lipinski definition) is 13. The van der Waals surface area contributed by atoms with Crippen molar-refractivity contribution in [3.8, 4) is 22.9 Å². The summed E-state index contributed by atoms with van der Waals surface area (Å²) in [6.07, 6.45) is 1.22. The van der Waals surface area contributed by atoms with Crippen LogP contribution in [0.5, 0.6) is 11.5 Å². The Balaban J connectivity index is 1.20. The molecule has 0 spiro atoms. The van der Waals surface area contributed by atoms with Crippen LogP contribution < -0.4 is 25.4 Å². The van der Waals surface area contributed by atoms with Crippen LogP contribution in [0.2, 0.25) is 5.02 Å². The molecule has 4 fully saturated rings. The SMILES string of the molecule is CC[C@@H]1CC1(NC(=O)[C@@H]1C[C@@H](Oc2cc(-c3csc(NC(C)C)n3)nc3c(Cl)c(OCCOC)ccc23)CN1C(=O)[C@@H](NC(=O)OC1C[C@@H]2C(C)[C@@H]2C1)C(C)(C)C)C(=O)OC. The molecule has 3 aromatic rings. The zero-order chi connectivity index (χ0) is 44.0. The molecule has 3 saturated carbocycles. The van der Waals surface area contributed by atoms with Crippen molar-refractivity contribution in [1.82, 2.24) is 25.5 Å². The summed E-state index contributed by atoms with van der Waals surface area (Å²) in [6.45, 7) is 14.4. The second-order valence-electron chi connectivity index (χ2n) is 18.3. The second-order valence-corrected chi connectivity index (χ2v) is 19.6. The number of anilines is 1. The highest BCUT2D eigenvalue weighted by atomic mass is 35.5.